The van der Waals surface area contributed by atoms with E-state index in [1.807, 2.05) is 31.2 Å². The zero-order valence-corrected chi connectivity index (χ0v) is 18.0. The molecule has 0 saturated carbocycles. The molecule has 2 aromatic carbocycles. The Morgan fingerprint density at radius 1 is 1.12 bits per heavy atom. The van der Waals surface area contributed by atoms with Crippen molar-refractivity contribution in [2.45, 2.75) is 6.92 Å². The summed E-state index contributed by atoms with van der Waals surface area (Å²) in [7, 11) is 1.51. The van der Waals surface area contributed by atoms with Crippen molar-refractivity contribution >= 4 is 23.9 Å². The highest BCUT2D eigenvalue weighted by atomic mass is 16.6. The minimum absolute atomic E-state index is 0.0900. The molecule has 8 nitrogen and oxygen atoms in total. The lowest BCUT2D eigenvalue weighted by atomic mass is 10.1. The molecule has 2 heterocycles. The van der Waals surface area contributed by atoms with Crippen LogP contribution >= 0.6 is 0 Å². The van der Waals surface area contributed by atoms with Gasteiger partial charge in [-0.15, -0.1) is 0 Å². The number of ether oxygens (including phenoxy) is 4. The van der Waals surface area contributed by atoms with Crippen LogP contribution in [0.25, 0.3) is 6.08 Å². The lowest BCUT2D eigenvalue weighted by Gasteiger charge is -2.26. The molecule has 8 heteroatoms. The van der Waals surface area contributed by atoms with Crippen molar-refractivity contribution in [1.29, 1.82) is 0 Å². The number of benzene rings is 2. The molecular weight excluding hydrogens is 412 g/mol. The van der Waals surface area contributed by atoms with E-state index < -0.39 is 5.97 Å². The SMILES string of the molecule is COc1cc(/C=C2/N=C(c3ccc(C)cc3)OC2=O)ccc1OCC(=O)N1CCOCC1. The molecule has 0 N–H and O–H groups in total. The summed E-state index contributed by atoms with van der Waals surface area (Å²) in [5, 5.41) is 0. The van der Waals surface area contributed by atoms with Gasteiger partial charge in [0.2, 0.25) is 5.90 Å². The fourth-order valence-electron chi connectivity index (χ4n) is 3.32. The minimum Gasteiger partial charge on any atom is -0.493 e. The van der Waals surface area contributed by atoms with Crippen LogP contribution in [0.5, 0.6) is 11.5 Å². The van der Waals surface area contributed by atoms with Gasteiger partial charge < -0.3 is 23.8 Å². The fraction of sp³-hybridized carbons (Fsp3) is 0.292. The Morgan fingerprint density at radius 2 is 1.88 bits per heavy atom. The molecule has 4 rings (SSSR count). The summed E-state index contributed by atoms with van der Waals surface area (Å²) < 4.78 is 21.7. The molecule has 0 aromatic heterocycles. The maximum absolute atomic E-state index is 12.3. The topological polar surface area (TPSA) is 86.7 Å². The van der Waals surface area contributed by atoms with E-state index >= 15 is 0 Å². The van der Waals surface area contributed by atoms with Crippen LogP contribution in [-0.4, -0.2) is 62.7 Å². The summed E-state index contributed by atoms with van der Waals surface area (Å²) in [6.07, 6.45) is 1.62. The molecule has 0 spiro atoms. The number of aryl methyl sites for hydroxylation is 1. The van der Waals surface area contributed by atoms with Gasteiger partial charge in [-0.25, -0.2) is 9.79 Å². The lowest BCUT2D eigenvalue weighted by Crippen LogP contribution is -2.43. The lowest BCUT2D eigenvalue weighted by molar-refractivity contribution is -0.137. The number of cyclic esters (lactones) is 1. The van der Waals surface area contributed by atoms with E-state index in [0.717, 1.165) is 11.1 Å². The van der Waals surface area contributed by atoms with Gasteiger partial charge in [-0.05, 0) is 42.8 Å². The molecule has 0 unspecified atom stereocenters. The highest BCUT2D eigenvalue weighted by molar-refractivity contribution is 6.12. The third-order valence-corrected chi connectivity index (χ3v) is 5.13. The summed E-state index contributed by atoms with van der Waals surface area (Å²) in [6.45, 7) is 4.09. The molecule has 32 heavy (non-hydrogen) atoms. The first kappa shape index (κ1) is 21.6. The van der Waals surface area contributed by atoms with Gasteiger partial charge in [-0.3, -0.25) is 4.79 Å². The van der Waals surface area contributed by atoms with Crippen LogP contribution in [-0.2, 0) is 19.1 Å². The number of hydrogen-bond donors (Lipinski definition) is 0. The van der Waals surface area contributed by atoms with Crippen LogP contribution in [0.4, 0.5) is 0 Å². The number of nitrogens with zero attached hydrogens (tertiary/aromatic N) is 2. The highest BCUT2D eigenvalue weighted by Crippen LogP contribution is 2.30. The molecule has 2 aromatic rings. The van der Waals surface area contributed by atoms with Crippen molar-refractivity contribution < 1.29 is 28.5 Å². The fourth-order valence-corrected chi connectivity index (χ4v) is 3.32. The van der Waals surface area contributed by atoms with Crippen LogP contribution in [0.3, 0.4) is 0 Å². The third kappa shape index (κ3) is 4.97. The van der Waals surface area contributed by atoms with Gasteiger partial charge in [0.15, 0.2) is 23.8 Å². The summed E-state index contributed by atoms with van der Waals surface area (Å²) in [5.41, 5.74) is 2.72. The van der Waals surface area contributed by atoms with Crippen molar-refractivity contribution in [1.82, 2.24) is 4.90 Å². The Kier molecular flexibility index (Phi) is 6.51. The smallest absolute Gasteiger partial charge is 0.363 e. The van der Waals surface area contributed by atoms with Crippen molar-refractivity contribution in [3.63, 3.8) is 0 Å². The molecular formula is C24H24N2O6. The quantitative estimate of drug-likeness (QED) is 0.511. The van der Waals surface area contributed by atoms with E-state index in [-0.39, 0.29) is 24.1 Å². The largest absolute Gasteiger partial charge is 0.493 e. The summed E-state index contributed by atoms with van der Waals surface area (Å²) in [5.74, 6) is 0.538. The maximum atomic E-state index is 12.3. The van der Waals surface area contributed by atoms with Crippen molar-refractivity contribution in [3.05, 3.63) is 64.9 Å². The van der Waals surface area contributed by atoms with Crippen LogP contribution in [0.2, 0.25) is 0 Å². The first-order chi connectivity index (χ1) is 15.5. The van der Waals surface area contributed by atoms with Crippen molar-refractivity contribution in [2.75, 3.05) is 40.0 Å². The zero-order valence-electron chi connectivity index (χ0n) is 18.0. The molecule has 0 bridgehead atoms. The van der Waals surface area contributed by atoms with Crippen LogP contribution in [0, 0.1) is 6.92 Å². The number of rotatable bonds is 6. The Labute approximate surface area is 186 Å². The van der Waals surface area contributed by atoms with E-state index in [1.54, 1.807) is 29.2 Å². The predicted octanol–water partition coefficient (Wildman–Crippen LogP) is 2.59. The Bertz CT molecular complexity index is 1070. The molecule has 166 valence electrons. The highest BCUT2D eigenvalue weighted by Gasteiger charge is 2.24. The van der Waals surface area contributed by atoms with Gasteiger partial charge in [0.25, 0.3) is 5.91 Å². The zero-order chi connectivity index (χ0) is 22.5. The average molecular weight is 436 g/mol. The monoisotopic (exact) mass is 436 g/mol. The second-order valence-electron chi connectivity index (χ2n) is 7.39. The van der Waals surface area contributed by atoms with Crippen molar-refractivity contribution in [3.8, 4) is 11.5 Å². The number of carbonyl (C=O) groups excluding carboxylic acids is 2. The number of amides is 1. The molecule has 2 aliphatic rings. The van der Waals surface area contributed by atoms with Crippen LogP contribution in [0.1, 0.15) is 16.7 Å². The van der Waals surface area contributed by atoms with E-state index in [2.05, 4.69) is 4.99 Å². The third-order valence-electron chi connectivity index (χ3n) is 5.13. The Morgan fingerprint density at radius 3 is 2.59 bits per heavy atom. The number of hydrogen-bond acceptors (Lipinski definition) is 7. The molecule has 0 aliphatic carbocycles. The minimum atomic E-state index is -0.518. The summed E-state index contributed by atoms with van der Waals surface area (Å²) >= 11 is 0. The second kappa shape index (κ2) is 9.65. The Balaban J connectivity index is 1.47. The Hall–Kier alpha value is -3.65. The summed E-state index contributed by atoms with van der Waals surface area (Å²) in [4.78, 5) is 30.6. The van der Waals surface area contributed by atoms with Crippen LogP contribution < -0.4 is 9.47 Å². The van der Waals surface area contributed by atoms with Gasteiger partial charge in [0.05, 0.1) is 20.3 Å². The van der Waals surface area contributed by atoms with Crippen LogP contribution in [0.15, 0.2) is 53.2 Å². The molecule has 0 atom stereocenters. The molecule has 1 amide bonds. The number of methoxy groups -OCH3 is 1. The molecule has 2 aliphatic heterocycles. The molecule has 1 saturated heterocycles. The standard InChI is InChI=1S/C24H24N2O6/c1-16-3-6-18(7-4-16)23-25-19(24(28)32-23)13-17-5-8-20(21(14-17)29-2)31-15-22(27)26-9-11-30-12-10-26/h3-8,13-14H,9-12,15H2,1-2H3/b19-13+. The van der Waals surface area contributed by atoms with E-state index in [0.29, 0.717) is 43.4 Å². The second-order valence-corrected chi connectivity index (χ2v) is 7.39. The number of carbonyl (C=O) groups is 2. The van der Waals surface area contributed by atoms with E-state index in [4.69, 9.17) is 18.9 Å². The van der Waals surface area contributed by atoms with Gasteiger partial charge in [0, 0.05) is 18.7 Å². The molecule has 0 radical (unpaired) electrons. The normalized spacial score (nSPS) is 17.2. The van der Waals surface area contributed by atoms with Crippen molar-refractivity contribution in [2.24, 2.45) is 4.99 Å². The van der Waals surface area contributed by atoms with Gasteiger partial charge in [-0.2, -0.15) is 0 Å². The van der Waals surface area contributed by atoms with Gasteiger partial charge in [-0.1, -0.05) is 23.8 Å². The number of esters is 1. The maximum Gasteiger partial charge on any atom is 0.363 e. The van der Waals surface area contributed by atoms with E-state index in [1.165, 1.54) is 7.11 Å². The first-order valence-electron chi connectivity index (χ1n) is 10.3. The predicted molar refractivity (Wildman–Crippen MR) is 118 cm³/mol. The van der Waals surface area contributed by atoms with Gasteiger partial charge in [0.1, 0.15) is 0 Å². The van der Waals surface area contributed by atoms with Gasteiger partial charge >= 0.3 is 5.97 Å². The molecule has 1 fully saturated rings. The summed E-state index contributed by atoms with van der Waals surface area (Å²) in [6, 6.07) is 12.8. The number of aliphatic imine (C=N–C) groups is 1. The number of morpholine rings is 1. The average Bonchev–Trinajstić information content (AvgIpc) is 3.18. The van der Waals surface area contributed by atoms with E-state index in [9.17, 15) is 9.59 Å². The first-order valence-corrected chi connectivity index (χ1v) is 10.3.